The molecule has 0 bridgehead atoms. The molecule has 2 aromatic rings. The minimum Gasteiger partial charge on any atom is -0.497 e. The third-order valence-electron chi connectivity index (χ3n) is 5.78. The van der Waals surface area contributed by atoms with Crippen LogP contribution in [0.2, 0.25) is 0 Å². The second kappa shape index (κ2) is 12.0. The maximum absolute atomic E-state index is 12.9. The lowest BCUT2D eigenvalue weighted by Gasteiger charge is -2.32. The van der Waals surface area contributed by atoms with Crippen LogP contribution >= 0.6 is 11.5 Å². The third-order valence-corrected chi connectivity index (χ3v) is 6.57. The number of methoxy groups -OCH3 is 1. The molecule has 9 heteroatoms. The van der Waals surface area contributed by atoms with E-state index in [-0.39, 0.29) is 23.8 Å². The van der Waals surface area contributed by atoms with E-state index in [4.69, 9.17) is 14.5 Å². The number of benzene rings is 1. The minimum atomic E-state index is -0.216. The Balaban J connectivity index is 1.58. The summed E-state index contributed by atoms with van der Waals surface area (Å²) in [6.45, 7) is 8.05. The number of esters is 1. The Morgan fingerprint density at radius 1 is 1.33 bits per heavy atom. The Morgan fingerprint density at radius 2 is 2.15 bits per heavy atom. The van der Waals surface area contributed by atoms with Gasteiger partial charge in [0, 0.05) is 50.1 Å². The number of carbonyl (C=O) groups excluding carboxylic acids is 2. The smallest absolute Gasteiger partial charge is 0.310 e. The Kier molecular flexibility index (Phi) is 9.05. The molecule has 1 amide bonds. The number of hydrogen-bond acceptors (Lipinski definition) is 8. The first-order valence-electron chi connectivity index (χ1n) is 11.6. The maximum Gasteiger partial charge on any atom is 0.310 e. The molecule has 180 valence electrons. The van der Waals surface area contributed by atoms with Crippen LogP contribution in [0.3, 0.4) is 0 Å². The highest BCUT2D eigenvalue weighted by molar-refractivity contribution is 7.09. The van der Waals surface area contributed by atoms with Gasteiger partial charge >= 0.3 is 5.97 Å². The molecule has 1 aromatic heterocycles. The molecule has 1 atom stereocenters. The molecule has 0 aliphatic carbocycles. The fraction of sp³-hybridized carbons (Fsp3) is 0.583. The van der Waals surface area contributed by atoms with E-state index in [2.05, 4.69) is 23.1 Å². The van der Waals surface area contributed by atoms with E-state index >= 15 is 0 Å². The molecule has 1 aromatic carbocycles. The van der Waals surface area contributed by atoms with E-state index < -0.39 is 0 Å². The Morgan fingerprint density at radius 3 is 2.88 bits per heavy atom. The summed E-state index contributed by atoms with van der Waals surface area (Å²) in [6, 6.07) is 8.08. The predicted octanol–water partition coefficient (Wildman–Crippen LogP) is 3.54. The van der Waals surface area contributed by atoms with E-state index in [9.17, 15) is 9.59 Å². The molecule has 3 rings (SSSR count). The molecular formula is C24H34N4O4S. The van der Waals surface area contributed by atoms with Crippen molar-refractivity contribution >= 4 is 28.5 Å². The first-order valence-corrected chi connectivity index (χ1v) is 12.3. The molecule has 1 unspecified atom stereocenters. The van der Waals surface area contributed by atoms with Crippen LogP contribution in [0.25, 0.3) is 0 Å². The number of hydrogen-bond donors (Lipinski definition) is 0. The van der Waals surface area contributed by atoms with Gasteiger partial charge in [0.25, 0.3) is 0 Å². The molecule has 8 nitrogen and oxygen atoms in total. The largest absolute Gasteiger partial charge is 0.497 e. The molecule has 0 radical (unpaired) electrons. The fourth-order valence-corrected chi connectivity index (χ4v) is 4.85. The zero-order chi connectivity index (χ0) is 23.8. The number of amides is 1. The number of piperidine rings is 1. The second-order valence-electron chi connectivity index (χ2n) is 8.49. The number of rotatable bonds is 10. The summed E-state index contributed by atoms with van der Waals surface area (Å²) < 4.78 is 15.0. The lowest BCUT2D eigenvalue weighted by molar-refractivity contribution is -0.151. The van der Waals surface area contributed by atoms with Crippen LogP contribution in [-0.4, -0.2) is 65.5 Å². The van der Waals surface area contributed by atoms with Crippen molar-refractivity contribution in [2.45, 2.75) is 52.5 Å². The first-order chi connectivity index (χ1) is 15.9. The highest BCUT2D eigenvalue weighted by Crippen LogP contribution is 2.24. The molecule has 0 N–H and O–H groups in total. The molecule has 1 aliphatic rings. The molecule has 33 heavy (non-hydrogen) atoms. The highest BCUT2D eigenvalue weighted by atomic mass is 32.1. The zero-order valence-electron chi connectivity index (χ0n) is 20.0. The van der Waals surface area contributed by atoms with Crippen molar-refractivity contribution in [2.24, 2.45) is 5.92 Å². The lowest BCUT2D eigenvalue weighted by Crippen LogP contribution is -2.44. The van der Waals surface area contributed by atoms with E-state index in [1.807, 2.05) is 24.3 Å². The standard InChI is InChI=1S/C24H34N4O4S/c1-5-32-23(30)19-9-7-12-27(16-19)22(29)11-13-28(17(2)3)24-25-21(26-33-24)15-18-8-6-10-20(14-18)31-4/h6,8,10,14,17,19H,5,7,9,11-13,15-16H2,1-4H3. The van der Waals surface area contributed by atoms with Gasteiger partial charge in [0.2, 0.25) is 11.0 Å². The predicted molar refractivity (Wildman–Crippen MR) is 129 cm³/mol. The van der Waals surface area contributed by atoms with Crippen LogP contribution in [0.1, 0.15) is 51.4 Å². The molecular weight excluding hydrogens is 440 g/mol. The first kappa shape index (κ1) is 25.0. The molecule has 1 fully saturated rings. The van der Waals surface area contributed by atoms with Crippen molar-refractivity contribution < 1.29 is 19.1 Å². The molecule has 0 saturated carbocycles. The normalized spacial score (nSPS) is 16.0. The van der Waals surface area contributed by atoms with Crippen molar-refractivity contribution in [3.8, 4) is 5.75 Å². The van der Waals surface area contributed by atoms with Crippen LogP contribution in [0.15, 0.2) is 24.3 Å². The van der Waals surface area contributed by atoms with Gasteiger partial charge < -0.3 is 19.3 Å². The third kappa shape index (κ3) is 6.90. The molecule has 1 saturated heterocycles. The number of ether oxygens (including phenoxy) is 2. The van der Waals surface area contributed by atoms with E-state index in [0.29, 0.717) is 39.1 Å². The van der Waals surface area contributed by atoms with Gasteiger partial charge in [0.1, 0.15) is 11.6 Å². The Bertz CT molecular complexity index is 933. The van der Waals surface area contributed by atoms with Crippen LogP contribution < -0.4 is 9.64 Å². The van der Waals surface area contributed by atoms with E-state index in [1.165, 1.54) is 11.5 Å². The summed E-state index contributed by atoms with van der Waals surface area (Å²) in [6.07, 6.45) is 2.61. The average molecular weight is 475 g/mol. The SMILES string of the molecule is CCOC(=O)C1CCCN(C(=O)CCN(c2nc(Cc3cccc(OC)c3)ns2)C(C)C)C1. The van der Waals surface area contributed by atoms with Crippen LogP contribution in [0, 0.1) is 5.92 Å². The van der Waals surface area contributed by atoms with Crippen molar-refractivity contribution in [2.75, 3.05) is 38.3 Å². The number of likely N-dealkylation sites (tertiary alicyclic amines) is 1. The monoisotopic (exact) mass is 474 g/mol. The summed E-state index contributed by atoms with van der Waals surface area (Å²) in [5.41, 5.74) is 1.09. The molecule has 2 heterocycles. The topological polar surface area (TPSA) is 84.9 Å². The second-order valence-corrected chi connectivity index (χ2v) is 9.22. The summed E-state index contributed by atoms with van der Waals surface area (Å²) in [7, 11) is 1.65. The van der Waals surface area contributed by atoms with Crippen LogP contribution in [0.5, 0.6) is 5.75 Å². The quantitative estimate of drug-likeness (QED) is 0.487. The Hall–Kier alpha value is -2.68. The van der Waals surface area contributed by atoms with Crippen molar-refractivity contribution in [3.05, 3.63) is 35.7 Å². The number of nitrogens with zero attached hydrogens (tertiary/aromatic N) is 4. The molecule has 0 spiro atoms. The summed E-state index contributed by atoms with van der Waals surface area (Å²) in [4.78, 5) is 33.6. The van der Waals surface area contributed by atoms with Gasteiger partial charge in [-0.1, -0.05) is 12.1 Å². The zero-order valence-corrected chi connectivity index (χ0v) is 20.8. The van der Waals surface area contributed by atoms with Gasteiger partial charge in [0.05, 0.1) is 19.6 Å². The maximum atomic E-state index is 12.9. The van der Waals surface area contributed by atoms with Gasteiger partial charge in [-0.25, -0.2) is 4.98 Å². The van der Waals surface area contributed by atoms with Gasteiger partial charge in [-0.05, 0) is 51.3 Å². The van der Waals surface area contributed by atoms with Crippen molar-refractivity contribution in [3.63, 3.8) is 0 Å². The lowest BCUT2D eigenvalue weighted by atomic mass is 9.98. The van der Waals surface area contributed by atoms with E-state index in [0.717, 1.165) is 35.1 Å². The average Bonchev–Trinajstić information content (AvgIpc) is 3.27. The van der Waals surface area contributed by atoms with E-state index in [1.54, 1.807) is 18.9 Å². The van der Waals surface area contributed by atoms with Gasteiger partial charge in [0.15, 0.2) is 0 Å². The fourth-order valence-electron chi connectivity index (χ4n) is 4.00. The Labute approximate surface area is 200 Å². The number of anilines is 1. The number of aromatic nitrogens is 2. The van der Waals surface area contributed by atoms with Gasteiger partial charge in [-0.2, -0.15) is 4.37 Å². The van der Waals surface area contributed by atoms with Crippen molar-refractivity contribution in [1.82, 2.24) is 14.3 Å². The minimum absolute atomic E-state index is 0.0655. The summed E-state index contributed by atoms with van der Waals surface area (Å²) in [5, 5.41) is 0.818. The van der Waals surface area contributed by atoms with Crippen LogP contribution in [-0.2, 0) is 20.7 Å². The van der Waals surface area contributed by atoms with Gasteiger partial charge in [-0.3, -0.25) is 9.59 Å². The summed E-state index contributed by atoms with van der Waals surface area (Å²) >= 11 is 1.36. The van der Waals surface area contributed by atoms with Crippen LogP contribution in [0.4, 0.5) is 5.13 Å². The molecule has 1 aliphatic heterocycles. The van der Waals surface area contributed by atoms with Crippen molar-refractivity contribution in [1.29, 1.82) is 0 Å². The highest BCUT2D eigenvalue weighted by Gasteiger charge is 2.29. The van der Waals surface area contributed by atoms with Gasteiger partial charge in [-0.15, -0.1) is 0 Å². The number of carbonyl (C=O) groups is 2. The summed E-state index contributed by atoms with van der Waals surface area (Å²) in [5.74, 6) is 1.22.